The predicted octanol–water partition coefficient (Wildman–Crippen LogP) is 3.92. The van der Waals surface area contributed by atoms with Gasteiger partial charge < -0.3 is 15.0 Å². The van der Waals surface area contributed by atoms with Crippen LogP contribution in [0.3, 0.4) is 0 Å². The summed E-state index contributed by atoms with van der Waals surface area (Å²) in [7, 11) is 2.12. The number of hydrogen-bond donors (Lipinski definition) is 1. The highest BCUT2D eigenvalue weighted by Gasteiger charge is 2.19. The number of para-hydroxylation sites is 1. The van der Waals surface area contributed by atoms with Gasteiger partial charge in [-0.1, -0.05) is 12.1 Å². The summed E-state index contributed by atoms with van der Waals surface area (Å²) in [5.41, 5.74) is 3.99. The van der Waals surface area contributed by atoms with Crippen molar-refractivity contribution in [2.24, 2.45) is 0 Å². The summed E-state index contributed by atoms with van der Waals surface area (Å²) in [4.78, 5) is 16.1. The Bertz CT molecular complexity index is 962. The number of hydrogen-bond acceptors (Lipinski definition) is 6. The van der Waals surface area contributed by atoms with E-state index < -0.39 is 0 Å². The minimum absolute atomic E-state index is 0.524. The van der Waals surface area contributed by atoms with Crippen molar-refractivity contribution in [2.45, 2.75) is 19.9 Å². The summed E-state index contributed by atoms with van der Waals surface area (Å²) in [6, 6.07) is 8.04. The Labute approximate surface area is 160 Å². The van der Waals surface area contributed by atoms with Crippen molar-refractivity contribution in [1.29, 1.82) is 0 Å². The van der Waals surface area contributed by atoms with Crippen LogP contribution in [0.2, 0.25) is 0 Å². The van der Waals surface area contributed by atoms with E-state index in [1.807, 2.05) is 31.3 Å². The van der Waals surface area contributed by atoms with E-state index in [2.05, 4.69) is 49.2 Å². The van der Waals surface area contributed by atoms with Crippen molar-refractivity contribution in [1.82, 2.24) is 19.9 Å². The molecular formula is C19H20BrN5O. The van der Waals surface area contributed by atoms with Crippen LogP contribution < -0.4 is 10.1 Å². The topological polar surface area (TPSA) is 63.2 Å². The Balaban J connectivity index is 1.72. The number of fused-ring (bicyclic) bond motifs is 2. The average molecular weight is 414 g/mol. The maximum atomic E-state index is 5.76. The van der Waals surface area contributed by atoms with Gasteiger partial charge >= 0.3 is 0 Å². The first-order valence-corrected chi connectivity index (χ1v) is 9.45. The fraction of sp³-hybridized carbons (Fsp3) is 0.316. The molecule has 1 aromatic carbocycles. The van der Waals surface area contributed by atoms with Gasteiger partial charge in [-0.2, -0.15) is 0 Å². The van der Waals surface area contributed by atoms with Gasteiger partial charge in [-0.3, -0.25) is 0 Å². The normalized spacial score (nSPS) is 14.3. The Morgan fingerprint density at radius 3 is 3.04 bits per heavy atom. The first-order valence-electron chi connectivity index (χ1n) is 8.66. The average Bonchev–Trinajstić information content (AvgIpc) is 2.63. The molecular weight excluding hydrogens is 394 g/mol. The van der Waals surface area contributed by atoms with Crippen LogP contribution in [0.4, 0.5) is 11.6 Å². The van der Waals surface area contributed by atoms with Crippen LogP contribution in [0.15, 0.2) is 34.9 Å². The zero-order chi connectivity index (χ0) is 18.1. The lowest BCUT2D eigenvalue weighted by Gasteiger charge is -2.25. The molecule has 134 valence electrons. The smallest absolute Gasteiger partial charge is 0.238 e. The Kier molecular flexibility index (Phi) is 4.74. The van der Waals surface area contributed by atoms with E-state index in [0.717, 1.165) is 46.3 Å². The standard InChI is InChI=1S/C19H20BrN5O/c1-3-26-18-16(9-13-11-25(2)8-7-15(13)22-18)23-19-21-10-12-5-4-6-14(20)17(12)24-19/h4-6,9-10H,3,7-8,11H2,1-2H3,(H,21,23,24). The van der Waals surface area contributed by atoms with E-state index in [0.29, 0.717) is 18.4 Å². The second-order valence-corrected chi connectivity index (χ2v) is 7.22. The van der Waals surface area contributed by atoms with Gasteiger partial charge in [0.1, 0.15) is 5.69 Å². The van der Waals surface area contributed by atoms with Gasteiger partial charge in [0.05, 0.1) is 17.8 Å². The third-order valence-electron chi connectivity index (χ3n) is 4.42. The lowest BCUT2D eigenvalue weighted by molar-refractivity contribution is 0.301. The number of aromatic nitrogens is 3. The molecule has 4 rings (SSSR count). The van der Waals surface area contributed by atoms with Crippen LogP contribution in [0, 0.1) is 0 Å². The predicted molar refractivity (Wildman–Crippen MR) is 106 cm³/mol. The third kappa shape index (κ3) is 3.37. The van der Waals surface area contributed by atoms with Gasteiger partial charge in [0, 0.05) is 35.6 Å². The van der Waals surface area contributed by atoms with Crippen LogP contribution in [0.5, 0.6) is 5.88 Å². The number of nitrogens with one attached hydrogen (secondary N) is 1. The minimum Gasteiger partial charge on any atom is -0.476 e. The SMILES string of the molecule is CCOc1nc2c(cc1Nc1ncc3cccc(Br)c3n1)CN(C)CC2. The first kappa shape index (κ1) is 17.2. The molecule has 0 atom stereocenters. The molecule has 0 unspecified atom stereocenters. The van der Waals surface area contributed by atoms with E-state index >= 15 is 0 Å². The summed E-state index contributed by atoms with van der Waals surface area (Å²) in [5.74, 6) is 1.13. The molecule has 1 aliphatic rings. The molecule has 26 heavy (non-hydrogen) atoms. The summed E-state index contributed by atoms with van der Waals surface area (Å²) in [6.45, 7) is 4.42. The molecule has 0 spiro atoms. The molecule has 2 aromatic heterocycles. The van der Waals surface area contributed by atoms with Gasteiger partial charge in [-0.15, -0.1) is 0 Å². The van der Waals surface area contributed by atoms with Crippen LogP contribution in [0.1, 0.15) is 18.2 Å². The van der Waals surface area contributed by atoms with Gasteiger partial charge in [0.15, 0.2) is 0 Å². The van der Waals surface area contributed by atoms with Crippen molar-refractivity contribution in [3.8, 4) is 5.88 Å². The molecule has 0 aliphatic carbocycles. The third-order valence-corrected chi connectivity index (χ3v) is 5.06. The summed E-state index contributed by atoms with van der Waals surface area (Å²) < 4.78 is 6.70. The number of anilines is 2. The highest BCUT2D eigenvalue weighted by molar-refractivity contribution is 9.10. The van der Waals surface area contributed by atoms with Crippen molar-refractivity contribution in [3.05, 3.63) is 46.2 Å². The van der Waals surface area contributed by atoms with Crippen molar-refractivity contribution in [3.63, 3.8) is 0 Å². The lowest BCUT2D eigenvalue weighted by Crippen LogP contribution is -2.27. The number of rotatable bonds is 4. The Morgan fingerprint density at radius 1 is 1.31 bits per heavy atom. The van der Waals surface area contributed by atoms with E-state index in [9.17, 15) is 0 Å². The summed E-state index contributed by atoms with van der Waals surface area (Å²) >= 11 is 3.55. The second kappa shape index (κ2) is 7.17. The number of pyridine rings is 1. The van der Waals surface area contributed by atoms with Gasteiger partial charge in [0.2, 0.25) is 11.8 Å². The molecule has 1 N–H and O–H groups in total. The molecule has 0 fully saturated rings. The van der Waals surface area contributed by atoms with Crippen molar-refractivity contribution < 1.29 is 4.74 Å². The largest absolute Gasteiger partial charge is 0.476 e. The fourth-order valence-electron chi connectivity index (χ4n) is 3.13. The van der Waals surface area contributed by atoms with E-state index in [-0.39, 0.29) is 0 Å². The zero-order valence-electron chi connectivity index (χ0n) is 14.8. The quantitative estimate of drug-likeness (QED) is 0.699. The van der Waals surface area contributed by atoms with Crippen LogP contribution in [0.25, 0.3) is 10.9 Å². The van der Waals surface area contributed by atoms with Gasteiger partial charge in [-0.25, -0.2) is 15.0 Å². The Hall–Kier alpha value is -2.25. The maximum absolute atomic E-state index is 5.76. The summed E-state index contributed by atoms with van der Waals surface area (Å²) in [5, 5.41) is 4.28. The van der Waals surface area contributed by atoms with E-state index in [1.54, 1.807) is 0 Å². The molecule has 0 saturated carbocycles. The number of likely N-dealkylation sites (N-methyl/N-ethyl adjacent to an activating group) is 1. The van der Waals surface area contributed by atoms with Gasteiger partial charge in [0.25, 0.3) is 0 Å². The highest BCUT2D eigenvalue weighted by atomic mass is 79.9. The zero-order valence-corrected chi connectivity index (χ0v) is 16.4. The van der Waals surface area contributed by atoms with Crippen LogP contribution >= 0.6 is 15.9 Å². The lowest BCUT2D eigenvalue weighted by atomic mass is 10.1. The first-order chi connectivity index (χ1) is 12.6. The van der Waals surface area contributed by atoms with Gasteiger partial charge in [-0.05, 0) is 47.6 Å². The molecule has 0 radical (unpaired) electrons. The molecule has 1 aliphatic heterocycles. The number of benzene rings is 1. The molecule has 6 nitrogen and oxygen atoms in total. The molecule has 3 heterocycles. The fourth-order valence-corrected chi connectivity index (χ4v) is 3.60. The molecule has 0 bridgehead atoms. The molecule has 0 amide bonds. The van der Waals surface area contributed by atoms with Crippen molar-refractivity contribution >= 4 is 38.5 Å². The summed E-state index contributed by atoms with van der Waals surface area (Å²) in [6.07, 6.45) is 2.75. The van der Waals surface area contributed by atoms with Crippen molar-refractivity contribution in [2.75, 3.05) is 25.5 Å². The van der Waals surface area contributed by atoms with E-state index in [4.69, 9.17) is 9.72 Å². The number of halogens is 1. The molecule has 7 heteroatoms. The highest BCUT2D eigenvalue weighted by Crippen LogP contribution is 2.31. The second-order valence-electron chi connectivity index (χ2n) is 6.36. The van der Waals surface area contributed by atoms with Crippen LogP contribution in [-0.4, -0.2) is 40.1 Å². The molecule has 0 saturated heterocycles. The minimum atomic E-state index is 0.524. The van der Waals surface area contributed by atoms with E-state index in [1.165, 1.54) is 5.56 Å². The molecule has 3 aromatic rings. The Morgan fingerprint density at radius 2 is 2.19 bits per heavy atom. The monoisotopic (exact) mass is 413 g/mol. The maximum Gasteiger partial charge on any atom is 0.238 e. The number of ether oxygens (including phenoxy) is 1. The van der Waals surface area contributed by atoms with Crippen LogP contribution in [-0.2, 0) is 13.0 Å². The number of nitrogens with zero attached hydrogens (tertiary/aromatic N) is 4.